The van der Waals surface area contributed by atoms with Gasteiger partial charge in [-0.25, -0.2) is 8.42 Å². The largest absolute Gasteiger partial charge is 0.495 e. The molecule has 0 aliphatic heterocycles. The Kier molecular flexibility index (Phi) is 9.39. The number of nitrogens with zero attached hydrogens (tertiary/aromatic N) is 1. The first-order valence-corrected chi connectivity index (χ1v) is 13.1. The first-order chi connectivity index (χ1) is 16.9. The minimum atomic E-state index is -4.01. The monoisotopic (exact) mass is 516 g/mol. The van der Waals surface area contributed by atoms with Crippen LogP contribution in [0.25, 0.3) is 0 Å². The maximum absolute atomic E-state index is 13.4. The standard InChI is InChI=1S/C26H29ClN2O5S/c1-3-34-24-14-8-7-10-20(24)11-9-17-28-26(30)19-29(21-15-16-25(33-2)23(27)18-21)35(31,32)22-12-5-4-6-13-22/h4-8,10,12-16,18H,3,9,11,17,19H2,1-2H3,(H,28,30). The SMILES string of the molecule is CCOc1ccccc1CCCNC(=O)CN(c1ccc(OC)c(Cl)c1)S(=O)(=O)c1ccccc1. The van der Waals surface area contributed by atoms with E-state index in [4.69, 9.17) is 21.1 Å². The highest BCUT2D eigenvalue weighted by Crippen LogP contribution is 2.31. The molecule has 0 radical (unpaired) electrons. The van der Waals surface area contributed by atoms with E-state index in [1.807, 2.05) is 31.2 Å². The second kappa shape index (κ2) is 12.5. The van der Waals surface area contributed by atoms with E-state index in [1.165, 1.54) is 25.3 Å². The molecule has 0 saturated carbocycles. The number of methoxy groups -OCH3 is 1. The zero-order valence-electron chi connectivity index (χ0n) is 19.7. The summed E-state index contributed by atoms with van der Waals surface area (Å²) in [6.07, 6.45) is 1.40. The fourth-order valence-electron chi connectivity index (χ4n) is 3.54. The molecule has 0 unspecified atom stereocenters. The number of para-hydroxylation sites is 1. The van der Waals surface area contributed by atoms with Crippen LogP contribution in [0.4, 0.5) is 5.69 Å². The number of halogens is 1. The van der Waals surface area contributed by atoms with Gasteiger partial charge in [0.05, 0.1) is 29.3 Å². The predicted octanol–water partition coefficient (Wildman–Crippen LogP) is 4.69. The van der Waals surface area contributed by atoms with E-state index in [0.717, 1.165) is 22.0 Å². The molecule has 0 fully saturated rings. The number of sulfonamides is 1. The van der Waals surface area contributed by atoms with Gasteiger partial charge in [-0.3, -0.25) is 9.10 Å². The van der Waals surface area contributed by atoms with Crippen molar-refractivity contribution in [2.75, 3.05) is 31.1 Å². The summed E-state index contributed by atoms with van der Waals surface area (Å²) in [5.41, 5.74) is 1.32. The molecule has 0 bridgehead atoms. The number of hydrogen-bond donors (Lipinski definition) is 1. The van der Waals surface area contributed by atoms with Crippen molar-refractivity contribution in [2.24, 2.45) is 0 Å². The van der Waals surface area contributed by atoms with Crippen molar-refractivity contribution in [1.29, 1.82) is 0 Å². The number of amides is 1. The van der Waals surface area contributed by atoms with Crippen LogP contribution in [0.15, 0.2) is 77.7 Å². The van der Waals surface area contributed by atoms with Crippen LogP contribution in [-0.2, 0) is 21.2 Å². The first kappa shape index (κ1) is 26.4. The van der Waals surface area contributed by atoms with Crippen LogP contribution in [0.1, 0.15) is 18.9 Å². The molecular formula is C26H29ClN2O5S. The number of rotatable bonds is 12. The van der Waals surface area contributed by atoms with Gasteiger partial charge in [-0.2, -0.15) is 0 Å². The van der Waals surface area contributed by atoms with Crippen molar-refractivity contribution in [3.8, 4) is 11.5 Å². The number of carbonyl (C=O) groups is 1. The Labute approximate surface area is 211 Å². The average molecular weight is 517 g/mol. The fraction of sp³-hybridized carbons (Fsp3) is 0.269. The Bertz CT molecular complexity index is 1240. The van der Waals surface area contributed by atoms with Gasteiger partial charge in [0.15, 0.2) is 0 Å². The van der Waals surface area contributed by atoms with Crippen LogP contribution in [0.5, 0.6) is 11.5 Å². The van der Waals surface area contributed by atoms with Crippen LogP contribution in [0, 0.1) is 0 Å². The van der Waals surface area contributed by atoms with Crippen molar-refractivity contribution >= 4 is 33.2 Å². The fourth-order valence-corrected chi connectivity index (χ4v) is 5.23. The molecule has 1 amide bonds. The second-order valence-electron chi connectivity index (χ2n) is 7.64. The average Bonchev–Trinajstić information content (AvgIpc) is 2.86. The molecule has 0 saturated heterocycles. The zero-order valence-corrected chi connectivity index (χ0v) is 21.3. The molecule has 9 heteroatoms. The summed E-state index contributed by atoms with van der Waals surface area (Å²) in [6.45, 7) is 2.51. The van der Waals surface area contributed by atoms with Crippen LogP contribution in [0.3, 0.4) is 0 Å². The van der Waals surface area contributed by atoms with E-state index >= 15 is 0 Å². The van der Waals surface area contributed by atoms with Gasteiger partial charge in [0.2, 0.25) is 5.91 Å². The highest BCUT2D eigenvalue weighted by atomic mass is 35.5. The number of nitrogens with one attached hydrogen (secondary N) is 1. The summed E-state index contributed by atoms with van der Waals surface area (Å²) in [5, 5.41) is 3.06. The lowest BCUT2D eigenvalue weighted by molar-refractivity contribution is -0.119. The Balaban J connectivity index is 1.72. The molecule has 35 heavy (non-hydrogen) atoms. The lowest BCUT2D eigenvalue weighted by atomic mass is 10.1. The minimum absolute atomic E-state index is 0.0762. The van der Waals surface area contributed by atoms with Gasteiger partial charge in [-0.05, 0) is 61.7 Å². The van der Waals surface area contributed by atoms with Gasteiger partial charge in [0.1, 0.15) is 18.0 Å². The number of anilines is 1. The number of aryl methyl sites for hydroxylation is 1. The van der Waals surface area contributed by atoms with Crippen LogP contribution >= 0.6 is 11.6 Å². The van der Waals surface area contributed by atoms with E-state index in [0.29, 0.717) is 25.3 Å². The van der Waals surface area contributed by atoms with E-state index < -0.39 is 22.5 Å². The molecule has 3 aromatic carbocycles. The summed E-state index contributed by atoms with van der Waals surface area (Å²) < 4.78 is 38.7. The summed E-state index contributed by atoms with van der Waals surface area (Å²) in [4.78, 5) is 12.9. The topological polar surface area (TPSA) is 84.9 Å². The minimum Gasteiger partial charge on any atom is -0.495 e. The normalized spacial score (nSPS) is 11.1. The molecule has 7 nitrogen and oxygen atoms in total. The lowest BCUT2D eigenvalue weighted by Crippen LogP contribution is -2.41. The van der Waals surface area contributed by atoms with E-state index in [2.05, 4.69) is 5.32 Å². The molecule has 0 aliphatic carbocycles. The van der Waals surface area contributed by atoms with Crippen molar-refractivity contribution in [2.45, 2.75) is 24.7 Å². The van der Waals surface area contributed by atoms with Crippen LogP contribution < -0.4 is 19.1 Å². The third-order valence-corrected chi connectivity index (χ3v) is 7.34. The molecule has 1 N–H and O–H groups in total. The molecular weight excluding hydrogens is 488 g/mol. The molecule has 0 heterocycles. The van der Waals surface area contributed by atoms with Gasteiger partial charge in [-0.1, -0.05) is 48.0 Å². The summed E-state index contributed by atoms with van der Waals surface area (Å²) >= 11 is 6.24. The number of carbonyl (C=O) groups excluding carboxylic acids is 1. The van der Waals surface area contributed by atoms with Crippen molar-refractivity contribution in [3.63, 3.8) is 0 Å². The van der Waals surface area contributed by atoms with Gasteiger partial charge in [0, 0.05) is 6.54 Å². The number of ether oxygens (including phenoxy) is 2. The summed E-state index contributed by atoms with van der Waals surface area (Å²) in [5.74, 6) is 0.816. The third kappa shape index (κ3) is 6.90. The molecule has 3 rings (SSSR count). The van der Waals surface area contributed by atoms with Crippen LogP contribution in [0.2, 0.25) is 5.02 Å². The van der Waals surface area contributed by atoms with Crippen molar-refractivity contribution in [1.82, 2.24) is 5.32 Å². The molecule has 186 valence electrons. The second-order valence-corrected chi connectivity index (χ2v) is 9.91. The third-order valence-electron chi connectivity index (χ3n) is 5.26. The smallest absolute Gasteiger partial charge is 0.264 e. The van der Waals surface area contributed by atoms with Crippen molar-refractivity contribution in [3.05, 3.63) is 83.4 Å². The van der Waals surface area contributed by atoms with Gasteiger partial charge in [-0.15, -0.1) is 0 Å². The zero-order chi connectivity index (χ0) is 25.3. The lowest BCUT2D eigenvalue weighted by Gasteiger charge is -2.24. The van der Waals surface area contributed by atoms with Gasteiger partial charge < -0.3 is 14.8 Å². The molecule has 3 aromatic rings. The van der Waals surface area contributed by atoms with Crippen LogP contribution in [-0.4, -0.2) is 41.1 Å². The number of hydrogen-bond acceptors (Lipinski definition) is 5. The highest BCUT2D eigenvalue weighted by Gasteiger charge is 2.27. The quantitative estimate of drug-likeness (QED) is 0.353. The molecule has 0 aromatic heterocycles. The molecule has 0 spiro atoms. The summed E-state index contributed by atoms with van der Waals surface area (Å²) in [7, 11) is -2.54. The first-order valence-electron chi connectivity index (χ1n) is 11.3. The molecule has 0 aliphatic rings. The predicted molar refractivity (Wildman–Crippen MR) is 138 cm³/mol. The Morgan fingerprint density at radius 1 is 1.00 bits per heavy atom. The Hall–Kier alpha value is -3.23. The van der Waals surface area contributed by atoms with E-state index in [1.54, 1.807) is 30.3 Å². The van der Waals surface area contributed by atoms with E-state index in [9.17, 15) is 13.2 Å². The Morgan fingerprint density at radius 2 is 1.71 bits per heavy atom. The maximum atomic E-state index is 13.4. The summed E-state index contributed by atoms with van der Waals surface area (Å²) in [6, 6.07) is 20.3. The highest BCUT2D eigenvalue weighted by molar-refractivity contribution is 7.92. The molecule has 0 atom stereocenters. The van der Waals surface area contributed by atoms with Gasteiger partial charge in [0.25, 0.3) is 10.0 Å². The number of benzene rings is 3. The van der Waals surface area contributed by atoms with E-state index in [-0.39, 0.29) is 15.6 Å². The maximum Gasteiger partial charge on any atom is 0.264 e. The Morgan fingerprint density at radius 3 is 2.40 bits per heavy atom. The van der Waals surface area contributed by atoms with Crippen molar-refractivity contribution < 1.29 is 22.7 Å². The van der Waals surface area contributed by atoms with Gasteiger partial charge >= 0.3 is 0 Å².